The lowest BCUT2D eigenvalue weighted by Gasteiger charge is -2.14. The third kappa shape index (κ3) is 1.95. The lowest BCUT2D eigenvalue weighted by molar-refractivity contribution is 0.661. The van der Waals surface area contributed by atoms with Crippen LogP contribution < -0.4 is 10.6 Å². The van der Waals surface area contributed by atoms with Crippen molar-refractivity contribution in [2.24, 2.45) is 0 Å². The average Bonchev–Trinajstić information content (AvgIpc) is 2.38. The van der Waals surface area contributed by atoms with Gasteiger partial charge in [-0.3, -0.25) is 0 Å². The van der Waals surface area contributed by atoms with Crippen molar-refractivity contribution in [3.05, 3.63) is 23.2 Å². The minimum Gasteiger partial charge on any atom is -0.383 e. The summed E-state index contributed by atoms with van der Waals surface area (Å²) in [5, 5.41) is 7.68. The van der Waals surface area contributed by atoms with Crippen LogP contribution in [0.15, 0.2) is 18.2 Å². The second kappa shape index (κ2) is 4.09. The van der Waals surface area contributed by atoms with Crippen LogP contribution in [0.25, 0.3) is 0 Å². The van der Waals surface area contributed by atoms with Crippen LogP contribution in [0.2, 0.25) is 5.02 Å². The Morgan fingerprint density at radius 2 is 2.29 bits per heavy atom. The summed E-state index contributed by atoms with van der Waals surface area (Å²) in [5.41, 5.74) is 2.28. The predicted molar refractivity (Wildman–Crippen MR) is 62.3 cm³/mol. The van der Waals surface area contributed by atoms with Crippen molar-refractivity contribution >= 4 is 23.0 Å². The normalized spacial score (nSPS) is 20.3. The van der Waals surface area contributed by atoms with E-state index in [1.807, 2.05) is 18.2 Å². The summed E-state index contributed by atoms with van der Waals surface area (Å²) in [5.74, 6) is 0. The molecular weight excluding hydrogens is 196 g/mol. The van der Waals surface area contributed by atoms with Crippen LogP contribution in [-0.4, -0.2) is 12.6 Å². The van der Waals surface area contributed by atoms with Gasteiger partial charge in [0.25, 0.3) is 0 Å². The van der Waals surface area contributed by atoms with Crippen molar-refractivity contribution in [1.82, 2.24) is 0 Å². The largest absolute Gasteiger partial charge is 0.383 e. The van der Waals surface area contributed by atoms with E-state index >= 15 is 0 Å². The number of benzene rings is 1. The summed E-state index contributed by atoms with van der Waals surface area (Å²) in [4.78, 5) is 0. The van der Waals surface area contributed by atoms with E-state index in [9.17, 15) is 0 Å². The van der Waals surface area contributed by atoms with Gasteiger partial charge >= 0.3 is 0 Å². The van der Waals surface area contributed by atoms with Gasteiger partial charge < -0.3 is 10.6 Å². The smallest absolute Gasteiger partial charge is 0.0591 e. The Labute approximate surface area is 89.7 Å². The van der Waals surface area contributed by atoms with Gasteiger partial charge in [-0.15, -0.1) is 0 Å². The highest BCUT2D eigenvalue weighted by atomic mass is 35.5. The Balaban J connectivity index is 2.27. The van der Waals surface area contributed by atoms with E-state index in [2.05, 4.69) is 17.6 Å². The van der Waals surface area contributed by atoms with Crippen molar-refractivity contribution < 1.29 is 0 Å². The summed E-state index contributed by atoms with van der Waals surface area (Å²) < 4.78 is 0. The fourth-order valence-electron chi connectivity index (χ4n) is 1.77. The van der Waals surface area contributed by atoms with Gasteiger partial charge in [0.15, 0.2) is 0 Å². The van der Waals surface area contributed by atoms with Crippen LogP contribution in [0.5, 0.6) is 0 Å². The third-order valence-electron chi connectivity index (χ3n) is 2.64. The van der Waals surface area contributed by atoms with Crippen LogP contribution in [0.4, 0.5) is 11.4 Å². The Morgan fingerprint density at radius 1 is 1.43 bits per heavy atom. The number of nitrogens with one attached hydrogen (secondary N) is 2. The van der Waals surface area contributed by atoms with Gasteiger partial charge in [-0.1, -0.05) is 18.5 Å². The van der Waals surface area contributed by atoms with Crippen molar-refractivity contribution in [2.45, 2.75) is 25.8 Å². The van der Waals surface area contributed by atoms with Gasteiger partial charge in [0.2, 0.25) is 0 Å². The van der Waals surface area contributed by atoms with E-state index in [0.29, 0.717) is 6.04 Å². The lowest BCUT2D eigenvalue weighted by Crippen LogP contribution is -2.18. The molecule has 0 bridgehead atoms. The number of rotatable bonds is 1. The van der Waals surface area contributed by atoms with Crippen LogP contribution >= 0.6 is 11.6 Å². The molecule has 0 aromatic heterocycles. The van der Waals surface area contributed by atoms with Crippen LogP contribution in [0.3, 0.4) is 0 Å². The molecule has 1 unspecified atom stereocenters. The highest BCUT2D eigenvalue weighted by molar-refractivity contribution is 6.31. The zero-order chi connectivity index (χ0) is 9.97. The first-order valence-corrected chi connectivity index (χ1v) is 5.47. The molecule has 0 fully saturated rings. The molecule has 0 radical (unpaired) electrons. The van der Waals surface area contributed by atoms with Gasteiger partial charge in [0.05, 0.1) is 11.4 Å². The minimum absolute atomic E-state index is 0.574. The van der Waals surface area contributed by atoms with E-state index in [1.165, 1.54) is 5.69 Å². The van der Waals surface area contributed by atoms with Crippen molar-refractivity contribution in [2.75, 3.05) is 17.2 Å². The van der Waals surface area contributed by atoms with E-state index in [0.717, 1.165) is 30.1 Å². The molecule has 1 aliphatic rings. The van der Waals surface area contributed by atoms with Crippen molar-refractivity contribution in [3.63, 3.8) is 0 Å². The summed E-state index contributed by atoms with van der Waals surface area (Å²) in [6.45, 7) is 3.22. The molecule has 0 saturated heterocycles. The van der Waals surface area contributed by atoms with Gasteiger partial charge in [0.1, 0.15) is 0 Å². The molecule has 2 nitrogen and oxygen atoms in total. The summed E-state index contributed by atoms with van der Waals surface area (Å²) in [6.07, 6.45) is 2.31. The molecule has 14 heavy (non-hydrogen) atoms. The van der Waals surface area contributed by atoms with Gasteiger partial charge in [-0.2, -0.15) is 0 Å². The average molecular weight is 211 g/mol. The lowest BCUT2D eigenvalue weighted by atomic mass is 10.1. The fraction of sp³-hybridized carbons (Fsp3) is 0.455. The predicted octanol–water partition coefficient (Wildman–Crippen LogP) is 3.35. The van der Waals surface area contributed by atoms with Gasteiger partial charge in [-0.05, 0) is 31.0 Å². The summed E-state index contributed by atoms with van der Waals surface area (Å²) >= 11 is 5.93. The molecule has 2 rings (SSSR count). The Bertz CT molecular complexity index is 325. The molecule has 76 valence electrons. The molecule has 1 aliphatic heterocycles. The minimum atomic E-state index is 0.574. The van der Waals surface area contributed by atoms with Crippen LogP contribution in [-0.2, 0) is 0 Å². The molecule has 2 N–H and O–H groups in total. The maximum Gasteiger partial charge on any atom is 0.0591 e. The molecule has 0 aliphatic carbocycles. The Hall–Kier alpha value is -0.890. The zero-order valence-electron chi connectivity index (χ0n) is 8.31. The molecular formula is C11H15ClN2. The molecule has 1 atom stereocenters. The Morgan fingerprint density at radius 3 is 3.07 bits per heavy atom. The third-order valence-corrected chi connectivity index (χ3v) is 2.88. The van der Waals surface area contributed by atoms with E-state index in [1.54, 1.807) is 0 Å². The molecule has 0 spiro atoms. The summed E-state index contributed by atoms with van der Waals surface area (Å²) in [6, 6.07) is 6.51. The summed E-state index contributed by atoms with van der Waals surface area (Å²) in [7, 11) is 0. The van der Waals surface area contributed by atoms with E-state index < -0.39 is 0 Å². The topological polar surface area (TPSA) is 24.1 Å². The second-order valence-corrected chi connectivity index (χ2v) is 4.09. The quantitative estimate of drug-likeness (QED) is 0.743. The van der Waals surface area contributed by atoms with Crippen LogP contribution in [0.1, 0.15) is 19.8 Å². The Kier molecular flexibility index (Phi) is 2.82. The standard InChI is InChI=1S/C11H15ClN2/c1-2-9-5-6-13-11-7-8(12)3-4-10(11)14-9/h3-4,7,9,13-14H,2,5-6H2,1H3. The maximum atomic E-state index is 5.93. The molecule has 1 heterocycles. The second-order valence-electron chi connectivity index (χ2n) is 3.65. The number of hydrogen-bond acceptors (Lipinski definition) is 2. The van der Waals surface area contributed by atoms with Crippen molar-refractivity contribution in [1.29, 1.82) is 0 Å². The number of anilines is 2. The first-order valence-electron chi connectivity index (χ1n) is 5.09. The molecule has 3 heteroatoms. The molecule has 1 aromatic rings. The molecule has 0 amide bonds. The van der Waals surface area contributed by atoms with E-state index in [-0.39, 0.29) is 0 Å². The fourth-order valence-corrected chi connectivity index (χ4v) is 1.94. The van der Waals surface area contributed by atoms with Gasteiger partial charge in [0, 0.05) is 17.6 Å². The van der Waals surface area contributed by atoms with Gasteiger partial charge in [-0.25, -0.2) is 0 Å². The monoisotopic (exact) mass is 210 g/mol. The maximum absolute atomic E-state index is 5.93. The molecule has 1 aromatic carbocycles. The number of hydrogen-bond donors (Lipinski definition) is 2. The van der Waals surface area contributed by atoms with E-state index in [4.69, 9.17) is 11.6 Å². The highest BCUT2D eigenvalue weighted by Crippen LogP contribution is 2.29. The first-order chi connectivity index (χ1) is 6.79. The number of fused-ring (bicyclic) bond motifs is 1. The zero-order valence-corrected chi connectivity index (χ0v) is 9.06. The number of halogens is 1. The van der Waals surface area contributed by atoms with Crippen molar-refractivity contribution in [3.8, 4) is 0 Å². The van der Waals surface area contributed by atoms with Crippen LogP contribution in [0, 0.1) is 0 Å². The first kappa shape index (κ1) is 9.66. The SMILES string of the molecule is CCC1CCNc2cc(Cl)ccc2N1. The molecule has 0 saturated carbocycles. The highest BCUT2D eigenvalue weighted by Gasteiger charge is 2.13.